The van der Waals surface area contributed by atoms with E-state index in [1.807, 2.05) is 30.5 Å². The van der Waals surface area contributed by atoms with E-state index in [9.17, 15) is 4.39 Å². The van der Waals surface area contributed by atoms with Gasteiger partial charge in [0.05, 0.1) is 0 Å². The summed E-state index contributed by atoms with van der Waals surface area (Å²) in [5.41, 5.74) is 2.01. The van der Waals surface area contributed by atoms with Gasteiger partial charge in [-0.3, -0.25) is 4.57 Å². The molecule has 110 valence electrons. The van der Waals surface area contributed by atoms with E-state index < -0.39 is 0 Å². The second-order valence-electron chi connectivity index (χ2n) is 5.27. The zero-order chi connectivity index (χ0) is 15.4. The van der Waals surface area contributed by atoms with E-state index in [4.69, 9.17) is 0 Å². The second kappa shape index (κ2) is 4.33. The van der Waals surface area contributed by atoms with Gasteiger partial charge in [-0.25, -0.2) is 14.3 Å². The smallest absolute Gasteiger partial charge is 0.242 e. The monoisotopic (exact) mass is 296 g/mol. The van der Waals surface area contributed by atoms with Crippen LogP contribution in [0.25, 0.3) is 0 Å². The Bertz CT molecular complexity index is 856. The van der Waals surface area contributed by atoms with Crippen LogP contribution >= 0.6 is 0 Å². The Morgan fingerprint density at radius 1 is 0.864 bits per heavy atom. The Morgan fingerprint density at radius 3 is 2.32 bits per heavy atom. The second-order valence-corrected chi connectivity index (χ2v) is 5.27. The highest BCUT2D eigenvalue weighted by Crippen LogP contribution is 2.26. The summed E-state index contributed by atoms with van der Waals surface area (Å²) in [4.78, 5) is 19.2. The number of nitrogens with zero attached hydrogens (tertiary/aromatic N) is 6. The summed E-state index contributed by atoms with van der Waals surface area (Å²) in [7, 11) is 0. The van der Waals surface area contributed by atoms with E-state index in [1.165, 1.54) is 12.2 Å². The summed E-state index contributed by atoms with van der Waals surface area (Å²) in [5, 5.41) is 0. The lowest BCUT2D eigenvalue weighted by Gasteiger charge is -2.31. The first kappa shape index (κ1) is 12.9. The van der Waals surface area contributed by atoms with Crippen LogP contribution in [0.5, 0.6) is 0 Å². The molecule has 0 saturated heterocycles. The number of hydrogen-bond acceptors (Lipinski definition) is 5. The van der Waals surface area contributed by atoms with Crippen molar-refractivity contribution in [1.29, 1.82) is 0 Å². The molecule has 0 N–H and O–H groups in total. The minimum Gasteiger partial charge on any atom is -0.287 e. The molecule has 0 amide bonds. The van der Waals surface area contributed by atoms with Crippen molar-refractivity contribution in [1.82, 2.24) is 9.47 Å². The summed E-state index contributed by atoms with van der Waals surface area (Å²) >= 11 is 0. The fourth-order valence-electron chi connectivity index (χ4n) is 2.67. The van der Waals surface area contributed by atoms with Gasteiger partial charge in [0, 0.05) is 23.5 Å². The highest BCUT2D eigenvalue weighted by atomic mass is 19.1. The molecule has 0 fully saturated rings. The maximum absolute atomic E-state index is 13.8. The third kappa shape index (κ3) is 1.78. The summed E-state index contributed by atoms with van der Waals surface area (Å²) in [6.07, 6.45) is 2.71. The average Bonchev–Trinajstić information content (AvgIpc) is 2.76. The Hall–Kier alpha value is -2.83. The van der Waals surface area contributed by atoms with Gasteiger partial charge in [-0.2, -0.15) is 15.0 Å². The first-order valence-electron chi connectivity index (χ1n) is 6.88. The van der Waals surface area contributed by atoms with Crippen LogP contribution < -0.4 is 0 Å². The molecule has 0 atom stereocenters. The van der Waals surface area contributed by atoms with Crippen molar-refractivity contribution in [2.24, 2.45) is 20.0 Å². The largest absolute Gasteiger partial charge is 0.287 e. The topological polar surface area (TPSA) is 57.6 Å². The van der Waals surface area contributed by atoms with Gasteiger partial charge in [-0.1, -0.05) is 0 Å². The first-order valence-corrected chi connectivity index (χ1v) is 6.88. The molecule has 0 spiro atoms. The summed E-state index contributed by atoms with van der Waals surface area (Å²) in [5.74, 6) is 1.97. The van der Waals surface area contributed by atoms with Crippen LogP contribution in [0.15, 0.2) is 55.9 Å². The zero-order valence-electron chi connectivity index (χ0n) is 12.4. The van der Waals surface area contributed by atoms with E-state index in [-0.39, 0.29) is 5.83 Å². The Morgan fingerprint density at radius 2 is 1.59 bits per heavy atom. The van der Waals surface area contributed by atoms with Crippen molar-refractivity contribution in [3.05, 3.63) is 47.3 Å². The summed E-state index contributed by atoms with van der Waals surface area (Å²) < 4.78 is 15.7. The third-order valence-electron chi connectivity index (χ3n) is 3.62. The van der Waals surface area contributed by atoms with Crippen LogP contribution in [-0.4, -0.2) is 33.1 Å². The highest BCUT2D eigenvalue weighted by Gasteiger charge is 2.32. The van der Waals surface area contributed by atoms with Gasteiger partial charge in [-0.15, -0.1) is 0 Å². The summed E-state index contributed by atoms with van der Waals surface area (Å²) in [6.45, 7) is 5.70. The molecule has 7 heteroatoms. The highest BCUT2D eigenvalue weighted by molar-refractivity contribution is 6.20. The fraction of sp³-hybridized carbons (Fsp3) is 0.200. The number of allylic oxidation sites excluding steroid dienone is 2. The van der Waals surface area contributed by atoms with Gasteiger partial charge < -0.3 is 0 Å². The molecule has 4 heterocycles. The molecule has 3 aliphatic rings. The number of hydrogen-bond donors (Lipinski definition) is 0. The molecule has 0 radical (unpaired) electrons. The Balaban J connectivity index is 1.94. The lowest BCUT2D eigenvalue weighted by Crippen LogP contribution is -2.42. The standard InChI is InChI=1S/C15H13FN6/c1-8-4-5-9(2)21(8)15-19-13-7-11(16)6-12-17-10(3)18-14(20-15)22(12)13/h4-7H,1-3H3. The zero-order valence-corrected chi connectivity index (χ0v) is 12.4. The van der Waals surface area contributed by atoms with Crippen molar-refractivity contribution in [3.63, 3.8) is 0 Å². The van der Waals surface area contributed by atoms with Crippen LogP contribution in [0.2, 0.25) is 0 Å². The predicted molar refractivity (Wildman–Crippen MR) is 83.8 cm³/mol. The normalized spacial score (nSPS) is 19.5. The maximum Gasteiger partial charge on any atom is 0.242 e. The molecule has 0 saturated carbocycles. The fourth-order valence-corrected chi connectivity index (χ4v) is 2.67. The number of guanidine groups is 1. The van der Waals surface area contributed by atoms with Gasteiger partial charge in [-0.05, 0) is 32.9 Å². The number of aryl methyl sites for hydroxylation is 2. The third-order valence-corrected chi connectivity index (χ3v) is 3.62. The Labute approximate surface area is 126 Å². The molecule has 1 aromatic rings. The van der Waals surface area contributed by atoms with Gasteiger partial charge in [0.2, 0.25) is 11.9 Å². The molecule has 4 rings (SSSR count). The van der Waals surface area contributed by atoms with E-state index in [0.717, 1.165) is 11.4 Å². The maximum atomic E-state index is 13.8. The van der Waals surface area contributed by atoms with Crippen LogP contribution in [0, 0.1) is 13.8 Å². The van der Waals surface area contributed by atoms with Crippen LogP contribution in [0.1, 0.15) is 18.3 Å². The Kier molecular flexibility index (Phi) is 2.53. The van der Waals surface area contributed by atoms with Crippen LogP contribution in [0.3, 0.4) is 0 Å². The number of rotatable bonds is 0. The predicted octanol–water partition coefficient (Wildman–Crippen LogP) is 2.52. The van der Waals surface area contributed by atoms with Gasteiger partial charge in [0.25, 0.3) is 0 Å². The minimum absolute atomic E-state index is 0.384. The number of aromatic nitrogens is 1. The molecule has 6 nitrogen and oxygen atoms in total. The van der Waals surface area contributed by atoms with Crippen molar-refractivity contribution in [2.75, 3.05) is 0 Å². The van der Waals surface area contributed by atoms with E-state index >= 15 is 0 Å². The quantitative estimate of drug-likeness (QED) is 0.725. The molecule has 22 heavy (non-hydrogen) atoms. The van der Waals surface area contributed by atoms with E-state index in [0.29, 0.717) is 29.4 Å². The average molecular weight is 296 g/mol. The van der Waals surface area contributed by atoms with Gasteiger partial charge in [0.15, 0.2) is 0 Å². The lowest BCUT2D eigenvalue weighted by atomic mass is 10.2. The molecular weight excluding hydrogens is 283 g/mol. The molecular formula is C15H13FN6. The molecule has 0 unspecified atom stereocenters. The van der Waals surface area contributed by atoms with Gasteiger partial charge >= 0.3 is 0 Å². The molecule has 0 bridgehead atoms. The van der Waals surface area contributed by atoms with Crippen molar-refractivity contribution in [2.45, 2.75) is 20.8 Å². The molecule has 1 aromatic heterocycles. The molecule has 0 aromatic carbocycles. The van der Waals surface area contributed by atoms with Gasteiger partial charge in [0.1, 0.15) is 23.3 Å². The van der Waals surface area contributed by atoms with Crippen molar-refractivity contribution >= 4 is 23.6 Å². The SMILES string of the molecule is CC1=NC2=NC(n3c(C)ccc3C)=NC3=CC(F)=CC(=N1)N32. The number of amidine groups is 2. The number of aliphatic imine (C=N–C) groups is 4. The lowest BCUT2D eigenvalue weighted by molar-refractivity contribution is 0.629. The molecule has 0 aliphatic carbocycles. The number of halogens is 1. The first-order chi connectivity index (χ1) is 10.5. The summed E-state index contributed by atoms with van der Waals surface area (Å²) in [6, 6.07) is 3.98. The minimum atomic E-state index is -0.384. The van der Waals surface area contributed by atoms with E-state index in [1.54, 1.807) is 11.8 Å². The van der Waals surface area contributed by atoms with Crippen molar-refractivity contribution in [3.8, 4) is 0 Å². The van der Waals surface area contributed by atoms with Crippen LogP contribution in [-0.2, 0) is 0 Å². The molecule has 3 aliphatic heterocycles. The van der Waals surface area contributed by atoms with Crippen LogP contribution in [0.4, 0.5) is 4.39 Å². The van der Waals surface area contributed by atoms with Crippen molar-refractivity contribution < 1.29 is 4.39 Å². The van der Waals surface area contributed by atoms with E-state index in [2.05, 4.69) is 20.0 Å².